The first-order valence-corrected chi connectivity index (χ1v) is 6.97. The zero-order chi connectivity index (χ0) is 12.6. The van der Waals surface area contributed by atoms with Crippen LogP contribution in [0.1, 0.15) is 31.9 Å². The molecule has 0 heterocycles. The Morgan fingerprint density at radius 3 is 2.65 bits per heavy atom. The van der Waals surface area contributed by atoms with Crippen LogP contribution in [0.2, 0.25) is 0 Å². The summed E-state index contributed by atoms with van der Waals surface area (Å²) in [5.41, 5.74) is 2.15. The molecular formula is C14H20BrNO. The number of halogens is 1. The normalized spacial score (nSPS) is 24.5. The molecule has 1 N–H and O–H groups in total. The van der Waals surface area contributed by atoms with Crippen LogP contribution in [0.25, 0.3) is 0 Å². The van der Waals surface area contributed by atoms with Gasteiger partial charge in [-0.25, -0.2) is 0 Å². The first kappa shape index (κ1) is 12.9. The molecule has 0 saturated heterocycles. The van der Waals surface area contributed by atoms with Gasteiger partial charge in [0.05, 0.1) is 11.8 Å². The van der Waals surface area contributed by atoms with Gasteiger partial charge in [0.1, 0.15) is 0 Å². The van der Waals surface area contributed by atoms with Crippen molar-refractivity contribution >= 4 is 21.6 Å². The minimum atomic E-state index is -0.408. The number of aliphatic hydroxyl groups is 1. The maximum Gasteiger partial charge on any atom is 0.0762 e. The van der Waals surface area contributed by atoms with Crippen LogP contribution in [0.3, 0.4) is 0 Å². The lowest BCUT2D eigenvalue weighted by Crippen LogP contribution is -2.21. The Hall–Kier alpha value is -0.540. The molecule has 0 aromatic heterocycles. The lowest BCUT2D eigenvalue weighted by Gasteiger charge is -2.21. The van der Waals surface area contributed by atoms with E-state index in [4.69, 9.17) is 0 Å². The van der Waals surface area contributed by atoms with Gasteiger partial charge in [0.15, 0.2) is 0 Å². The SMILES string of the molecule is CC1CC1CN(C)c1ccc([C@H](C)O)cc1Br. The second-order valence-corrected chi connectivity index (χ2v) is 6.09. The molecule has 3 atom stereocenters. The average Bonchev–Trinajstić information content (AvgIpc) is 2.93. The van der Waals surface area contributed by atoms with Gasteiger partial charge in [-0.05, 0) is 58.8 Å². The molecule has 2 rings (SSSR count). The Morgan fingerprint density at radius 1 is 1.53 bits per heavy atom. The molecule has 17 heavy (non-hydrogen) atoms. The van der Waals surface area contributed by atoms with Crippen LogP contribution in [0.4, 0.5) is 5.69 Å². The monoisotopic (exact) mass is 297 g/mol. The van der Waals surface area contributed by atoms with Gasteiger partial charge < -0.3 is 10.0 Å². The molecule has 1 aromatic carbocycles. The minimum Gasteiger partial charge on any atom is -0.389 e. The molecule has 1 aromatic rings. The van der Waals surface area contributed by atoms with Crippen molar-refractivity contribution in [3.63, 3.8) is 0 Å². The van der Waals surface area contributed by atoms with Gasteiger partial charge in [0.25, 0.3) is 0 Å². The third-order valence-electron chi connectivity index (χ3n) is 3.65. The molecule has 0 spiro atoms. The fourth-order valence-electron chi connectivity index (χ4n) is 2.20. The summed E-state index contributed by atoms with van der Waals surface area (Å²) in [4.78, 5) is 2.30. The number of hydrogen-bond donors (Lipinski definition) is 1. The van der Waals surface area contributed by atoms with E-state index in [9.17, 15) is 5.11 Å². The highest BCUT2D eigenvalue weighted by Crippen LogP contribution is 2.39. The van der Waals surface area contributed by atoms with Crippen molar-refractivity contribution in [2.24, 2.45) is 11.8 Å². The van der Waals surface area contributed by atoms with Crippen molar-refractivity contribution in [3.8, 4) is 0 Å². The summed E-state index contributed by atoms with van der Waals surface area (Å²) in [7, 11) is 2.13. The van der Waals surface area contributed by atoms with Crippen molar-refractivity contribution < 1.29 is 5.11 Å². The van der Waals surface area contributed by atoms with Crippen LogP contribution in [-0.2, 0) is 0 Å². The maximum atomic E-state index is 9.53. The van der Waals surface area contributed by atoms with E-state index in [0.29, 0.717) is 0 Å². The molecule has 2 nitrogen and oxygen atoms in total. The van der Waals surface area contributed by atoms with Gasteiger partial charge in [-0.1, -0.05) is 13.0 Å². The smallest absolute Gasteiger partial charge is 0.0762 e. The Labute approximate surface area is 112 Å². The van der Waals surface area contributed by atoms with Crippen LogP contribution in [0, 0.1) is 11.8 Å². The third-order valence-corrected chi connectivity index (χ3v) is 4.29. The number of aliphatic hydroxyl groups excluding tert-OH is 1. The Kier molecular flexibility index (Phi) is 3.79. The minimum absolute atomic E-state index is 0.408. The van der Waals surface area contributed by atoms with E-state index in [1.54, 1.807) is 6.92 Å². The molecule has 1 aliphatic carbocycles. The summed E-state index contributed by atoms with van der Waals surface area (Å²) in [6.45, 7) is 5.22. The van der Waals surface area contributed by atoms with Crippen molar-refractivity contribution in [3.05, 3.63) is 28.2 Å². The van der Waals surface area contributed by atoms with Gasteiger partial charge in [-0.2, -0.15) is 0 Å². The van der Waals surface area contributed by atoms with Gasteiger partial charge in [0.2, 0.25) is 0 Å². The quantitative estimate of drug-likeness (QED) is 0.918. The Balaban J connectivity index is 2.09. The van der Waals surface area contributed by atoms with Crippen molar-refractivity contribution in [2.45, 2.75) is 26.4 Å². The predicted octanol–water partition coefficient (Wildman–Crippen LogP) is 3.59. The zero-order valence-electron chi connectivity index (χ0n) is 10.7. The van der Waals surface area contributed by atoms with Crippen molar-refractivity contribution in [1.29, 1.82) is 0 Å². The van der Waals surface area contributed by atoms with E-state index in [-0.39, 0.29) is 0 Å². The molecule has 2 unspecified atom stereocenters. The molecular weight excluding hydrogens is 278 g/mol. The summed E-state index contributed by atoms with van der Waals surface area (Å²) in [6, 6.07) is 6.09. The zero-order valence-corrected chi connectivity index (χ0v) is 12.2. The number of nitrogens with zero attached hydrogens (tertiary/aromatic N) is 1. The molecule has 94 valence electrons. The number of rotatable bonds is 4. The molecule has 0 amide bonds. The largest absolute Gasteiger partial charge is 0.389 e. The van der Waals surface area contributed by atoms with Gasteiger partial charge in [-0.3, -0.25) is 0 Å². The second-order valence-electron chi connectivity index (χ2n) is 5.24. The molecule has 0 bridgehead atoms. The molecule has 0 aliphatic heterocycles. The highest BCUT2D eigenvalue weighted by atomic mass is 79.9. The van der Waals surface area contributed by atoms with Gasteiger partial charge in [0, 0.05) is 18.1 Å². The van der Waals surface area contributed by atoms with E-state index in [1.807, 2.05) is 12.1 Å². The van der Waals surface area contributed by atoms with Gasteiger partial charge in [-0.15, -0.1) is 0 Å². The van der Waals surface area contributed by atoms with Crippen molar-refractivity contribution in [1.82, 2.24) is 0 Å². The summed E-state index contributed by atoms with van der Waals surface area (Å²) in [6.07, 6.45) is 0.947. The number of benzene rings is 1. The van der Waals surface area contributed by atoms with Gasteiger partial charge >= 0.3 is 0 Å². The average molecular weight is 298 g/mol. The summed E-state index contributed by atoms with van der Waals surface area (Å²) in [5.74, 6) is 1.73. The highest BCUT2D eigenvalue weighted by Gasteiger charge is 2.33. The van der Waals surface area contributed by atoms with E-state index in [2.05, 4.69) is 40.9 Å². The summed E-state index contributed by atoms with van der Waals surface area (Å²) in [5, 5.41) is 9.53. The van der Waals surface area contributed by atoms with Crippen LogP contribution < -0.4 is 4.90 Å². The second kappa shape index (κ2) is 4.99. The first-order chi connectivity index (χ1) is 7.99. The predicted molar refractivity (Wildman–Crippen MR) is 75.3 cm³/mol. The van der Waals surface area contributed by atoms with Crippen LogP contribution in [0.5, 0.6) is 0 Å². The van der Waals surface area contributed by atoms with E-state index in [1.165, 1.54) is 12.1 Å². The molecule has 1 saturated carbocycles. The Morgan fingerprint density at radius 2 is 2.18 bits per heavy atom. The lowest BCUT2D eigenvalue weighted by atomic mass is 10.1. The topological polar surface area (TPSA) is 23.5 Å². The number of anilines is 1. The summed E-state index contributed by atoms with van der Waals surface area (Å²) < 4.78 is 1.06. The maximum absolute atomic E-state index is 9.53. The van der Waals surface area contributed by atoms with E-state index in [0.717, 1.165) is 28.4 Å². The highest BCUT2D eigenvalue weighted by molar-refractivity contribution is 9.10. The standard InChI is InChI=1S/C14H20BrNO/c1-9-6-12(9)8-16(3)14-5-4-11(10(2)17)7-13(14)15/h4-5,7,9-10,12,17H,6,8H2,1-3H3/t9?,10-,12?/m0/s1. The lowest BCUT2D eigenvalue weighted by molar-refractivity contribution is 0.199. The molecule has 3 heteroatoms. The fraction of sp³-hybridized carbons (Fsp3) is 0.571. The first-order valence-electron chi connectivity index (χ1n) is 6.17. The van der Waals surface area contributed by atoms with Crippen molar-refractivity contribution in [2.75, 3.05) is 18.5 Å². The van der Waals surface area contributed by atoms with Crippen LogP contribution >= 0.6 is 15.9 Å². The third kappa shape index (κ3) is 3.02. The van der Waals surface area contributed by atoms with Crippen LogP contribution in [0.15, 0.2) is 22.7 Å². The molecule has 1 aliphatic rings. The summed E-state index contributed by atoms with van der Waals surface area (Å²) >= 11 is 3.59. The molecule has 1 fully saturated rings. The fourth-order valence-corrected chi connectivity index (χ4v) is 2.90. The Bertz CT molecular complexity index is 405. The van der Waals surface area contributed by atoms with Crippen LogP contribution in [-0.4, -0.2) is 18.7 Å². The number of hydrogen-bond acceptors (Lipinski definition) is 2. The van der Waals surface area contributed by atoms with E-state index < -0.39 is 6.10 Å². The van der Waals surface area contributed by atoms with E-state index >= 15 is 0 Å². The molecule has 0 radical (unpaired) electrons.